The molecule has 2 N–H and O–H groups in total. The molecule has 1 fully saturated rings. The van der Waals surface area contributed by atoms with E-state index in [0.29, 0.717) is 18.2 Å². The van der Waals surface area contributed by atoms with Crippen LogP contribution in [0.1, 0.15) is 49.7 Å². The molecule has 176 valence electrons. The maximum absolute atomic E-state index is 11.4. The number of nitriles is 1. The molecule has 0 saturated carbocycles. The standard InChI is InChI=1S/C26H33N3O4/c1-3-12-29(23-10-13-33-14-11-23)25-9-6-20(21(18-32-2)16-26(30)31)15-24(25)28-22-7-4-19(17-27)5-8-22/h4-9,15,21,23,28H,3,10-14,16,18H2,1-2H3,(H,30,31)/t21-/m1/s1. The highest BCUT2D eigenvalue weighted by molar-refractivity contribution is 5.77. The summed E-state index contributed by atoms with van der Waals surface area (Å²) in [6.07, 6.45) is 2.97. The lowest BCUT2D eigenvalue weighted by Gasteiger charge is -2.37. The van der Waals surface area contributed by atoms with E-state index < -0.39 is 5.97 Å². The predicted octanol–water partition coefficient (Wildman–Crippen LogP) is 4.90. The highest BCUT2D eigenvalue weighted by Gasteiger charge is 2.25. The van der Waals surface area contributed by atoms with Crippen LogP contribution in [0.25, 0.3) is 0 Å². The fraction of sp³-hybridized carbons (Fsp3) is 0.462. The van der Waals surface area contributed by atoms with E-state index in [-0.39, 0.29) is 12.3 Å². The highest BCUT2D eigenvalue weighted by Crippen LogP contribution is 2.36. The molecule has 1 saturated heterocycles. The monoisotopic (exact) mass is 451 g/mol. The fourth-order valence-corrected chi connectivity index (χ4v) is 4.36. The topological polar surface area (TPSA) is 94.8 Å². The molecule has 2 aromatic carbocycles. The first kappa shape index (κ1) is 24.6. The van der Waals surface area contributed by atoms with Crippen LogP contribution in [-0.4, -0.2) is 50.6 Å². The third kappa shape index (κ3) is 6.70. The van der Waals surface area contributed by atoms with Gasteiger partial charge in [-0.25, -0.2) is 0 Å². The van der Waals surface area contributed by atoms with Gasteiger partial charge in [0.1, 0.15) is 0 Å². The third-order valence-electron chi connectivity index (χ3n) is 5.98. The molecule has 0 radical (unpaired) electrons. The summed E-state index contributed by atoms with van der Waals surface area (Å²) in [5.74, 6) is -1.09. The number of carboxylic acid groups (broad SMARTS) is 1. The average molecular weight is 452 g/mol. The Morgan fingerprint density at radius 1 is 1.27 bits per heavy atom. The van der Waals surface area contributed by atoms with E-state index in [0.717, 1.165) is 61.6 Å². The SMILES string of the molecule is CCCN(c1ccc([C@@H](COC)CC(=O)O)cc1Nc1ccc(C#N)cc1)C1CCOCC1. The Labute approximate surface area is 195 Å². The van der Waals surface area contributed by atoms with Gasteiger partial charge in [0.2, 0.25) is 0 Å². The number of carbonyl (C=O) groups is 1. The van der Waals surface area contributed by atoms with Gasteiger partial charge in [-0.2, -0.15) is 5.26 Å². The lowest BCUT2D eigenvalue weighted by atomic mass is 9.94. The van der Waals surface area contributed by atoms with Crippen LogP contribution in [-0.2, 0) is 14.3 Å². The van der Waals surface area contributed by atoms with Gasteiger partial charge in [-0.15, -0.1) is 0 Å². The van der Waals surface area contributed by atoms with Crippen LogP contribution >= 0.6 is 0 Å². The van der Waals surface area contributed by atoms with Crippen LogP contribution in [0.5, 0.6) is 0 Å². The summed E-state index contributed by atoms with van der Waals surface area (Å²) in [7, 11) is 1.59. The van der Waals surface area contributed by atoms with E-state index in [4.69, 9.17) is 14.7 Å². The Hall–Kier alpha value is -3.08. The Kier molecular flexibility index (Phi) is 9.11. The van der Waals surface area contributed by atoms with Crippen LogP contribution in [0.15, 0.2) is 42.5 Å². The molecule has 0 unspecified atom stereocenters. The van der Waals surface area contributed by atoms with Gasteiger partial charge in [0.05, 0.1) is 36.0 Å². The molecule has 0 spiro atoms. The van der Waals surface area contributed by atoms with E-state index in [1.165, 1.54) is 0 Å². The van der Waals surface area contributed by atoms with Crippen LogP contribution in [0.2, 0.25) is 0 Å². The predicted molar refractivity (Wildman–Crippen MR) is 129 cm³/mol. The van der Waals surface area contributed by atoms with Gasteiger partial charge in [-0.1, -0.05) is 13.0 Å². The van der Waals surface area contributed by atoms with E-state index in [9.17, 15) is 9.90 Å². The number of aliphatic carboxylic acids is 1. The molecule has 1 aliphatic heterocycles. The minimum Gasteiger partial charge on any atom is -0.481 e. The molecule has 7 heteroatoms. The van der Waals surface area contributed by atoms with E-state index >= 15 is 0 Å². The number of carboxylic acids is 1. The summed E-state index contributed by atoms with van der Waals surface area (Å²) >= 11 is 0. The first-order chi connectivity index (χ1) is 16.0. The summed E-state index contributed by atoms with van der Waals surface area (Å²) < 4.78 is 10.9. The second-order valence-electron chi connectivity index (χ2n) is 8.38. The number of benzene rings is 2. The molecule has 0 aromatic heterocycles. The lowest BCUT2D eigenvalue weighted by Crippen LogP contribution is -2.40. The van der Waals surface area contributed by atoms with Crippen molar-refractivity contribution >= 4 is 23.0 Å². The molecule has 1 aliphatic rings. The zero-order chi connectivity index (χ0) is 23.6. The Morgan fingerprint density at radius 2 is 2.00 bits per heavy atom. The van der Waals surface area contributed by atoms with Crippen molar-refractivity contribution in [3.8, 4) is 6.07 Å². The smallest absolute Gasteiger partial charge is 0.304 e. The van der Waals surface area contributed by atoms with Crippen LogP contribution < -0.4 is 10.2 Å². The van der Waals surface area contributed by atoms with Gasteiger partial charge in [0, 0.05) is 44.5 Å². The Balaban J connectivity index is 2.01. The number of hydrogen-bond donors (Lipinski definition) is 2. The zero-order valence-corrected chi connectivity index (χ0v) is 19.4. The summed E-state index contributed by atoms with van der Waals surface area (Å²) in [5, 5.41) is 22.0. The normalized spacial score (nSPS) is 14.9. The number of ether oxygens (including phenoxy) is 2. The molecule has 0 bridgehead atoms. The molecular weight excluding hydrogens is 418 g/mol. The fourth-order valence-electron chi connectivity index (χ4n) is 4.36. The second kappa shape index (κ2) is 12.2. The van der Waals surface area contributed by atoms with Crippen molar-refractivity contribution in [2.75, 3.05) is 43.7 Å². The molecule has 1 atom stereocenters. The van der Waals surface area contributed by atoms with E-state index in [2.05, 4.69) is 29.3 Å². The third-order valence-corrected chi connectivity index (χ3v) is 5.98. The lowest BCUT2D eigenvalue weighted by molar-refractivity contribution is -0.137. The van der Waals surface area contributed by atoms with Crippen molar-refractivity contribution in [1.29, 1.82) is 5.26 Å². The number of methoxy groups -OCH3 is 1. The Morgan fingerprint density at radius 3 is 2.61 bits per heavy atom. The molecule has 1 heterocycles. The van der Waals surface area contributed by atoms with E-state index in [1.807, 2.05) is 24.3 Å². The molecular formula is C26H33N3O4. The van der Waals surface area contributed by atoms with Crippen molar-refractivity contribution in [3.05, 3.63) is 53.6 Å². The summed E-state index contributed by atoms with van der Waals surface area (Å²) in [6.45, 7) is 4.95. The molecule has 7 nitrogen and oxygen atoms in total. The van der Waals surface area contributed by atoms with Crippen LogP contribution in [0.3, 0.4) is 0 Å². The second-order valence-corrected chi connectivity index (χ2v) is 8.38. The van der Waals surface area contributed by atoms with Gasteiger partial charge >= 0.3 is 5.97 Å². The van der Waals surface area contributed by atoms with Crippen molar-refractivity contribution in [1.82, 2.24) is 0 Å². The number of anilines is 3. The van der Waals surface area contributed by atoms with Gasteiger partial charge in [0.25, 0.3) is 0 Å². The Bertz CT molecular complexity index is 949. The first-order valence-electron chi connectivity index (χ1n) is 11.5. The summed E-state index contributed by atoms with van der Waals surface area (Å²) in [4.78, 5) is 13.9. The molecule has 0 amide bonds. The molecule has 3 rings (SSSR count). The first-order valence-corrected chi connectivity index (χ1v) is 11.5. The quantitative estimate of drug-likeness (QED) is 0.502. The average Bonchev–Trinajstić information content (AvgIpc) is 2.83. The van der Waals surface area contributed by atoms with E-state index in [1.54, 1.807) is 19.2 Å². The maximum atomic E-state index is 11.4. The number of rotatable bonds is 11. The number of hydrogen-bond acceptors (Lipinski definition) is 6. The minimum atomic E-state index is -0.849. The summed E-state index contributed by atoms with van der Waals surface area (Å²) in [6, 6.07) is 16.0. The zero-order valence-electron chi connectivity index (χ0n) is 19.4. The van der Waals surface area contributed by atoms with Crippen LogP contribution in [0, 0.1) is 11.3 Å². The highest BCUT2D eigenvalue weighted by atomic mass is 16.5. The van der Waals surface area contributed by atoms with Crippen molar-refractivity contribution < 1.29 is 19.4 Å². The molecule has 2 aromatic rings. The van der Waals surface area contributed by atoms with Crippen molar-refractivity contribution in [2.24, 2.45) is 0 Å². The van der Waals surface area contributed by atoms with Crippen LogP contribution in [0.4, 0.5) is 17.1 Å². The van der Waals surface area contributed by atoms with Gasteiger partial charge in [0.15, 0.2) is 0 Å². The molecule has 0 aliphatic carbocycles. The van der Waals surface area contributed by atoms with Crippen molar-refractivity contribution in [2.45, 2.75) is 44.6 Å². The largest absolute Gasteiger partial charge is 0.481 e. The van der Waals surface area contributed by atoms with Gasteiger partial charge in [-0.3, -0.25) is 4.79 Å². The minimum absolute atomic E-state index is 0.00211. The number of nitrogens with zero attached hydrogens (tertiary/aromatic N) is 2. The number of nitrogens with one attached hydrogen (secondary N) is 1. The van der Waals surface area contributed by atoms with Gasteiger partial charge in [-0.05, 0) is 61.2 Å². The summed E-state index contributed by atoms with van der Waals surface area (Å²) in [5.41, 5.74) is 4.40. The van der Waals surface area contributed by atoms with Gasteiger partial charge < -0.3 is 24.8 Å². The van der Waals surface area contributed by atoms with Crippen molar-refractivity contribution in [3.63, 3.8) is 0 Å². The molecule has 33 heavy (non-hydrogen) atoms. The maximum Gasteiger partial charge on any atom is 0.304 e.